The molecule has 1 saturated heterocycles. The highest BCUT2D eigenvalue weighted by atomic mass is 79.9. The lowest BCUT2D eigenvalue weighted by Crippen LogP contribution is -2.23. The van der Waals surface area contributed by atoms with Gasteiger partial charge in [0.1, 0.15) is 0 Å². The minimum Gasteiger partial charge on any atom is -0.350 e. The van der Waals surface area contributed by atoms with Gasteiger partial charge in [-0.05, 0) is 49.6 Å². The summed E-state index contributed by atoms with van der Waals surface area (Å²) in [6.45, 7) is 1.18. The van der Waals surface area contributed by atoms with Crippen LogP contribution in [0.2, 0.25) is 0 Å². The van der Waals surface area contributed by atoms with Gasteiger partial charge in [-0.25, -0.2) is 0 Å². The van der Waals surface area contributed by atoms with Gasteiger partial charge in [0.2, 0.25) is 0 Å². The van der Waals surface area contributed by atoms with E-state index in [9.17, 15) is 0 Å². The third-order valence-corrected chi connectivity index (χ3v) is 4.16. The van der Waals surface area contributed by atoms with E-state index in [0.29, 0.717) is 6.04 Å². The van der Waals surface area contributed by atoms with E-state index in [4.69, 9.17) is 0 Å². The quantitative estimate of drug-likeness (QED) is 0.899. The van der Waals surface area contributed by atoms with Gasteiger partial charge >= 0.3 is 0 Å². The van der Waals surface area contributed by atoms with E-state index in [2.05, 4.69) is 57.3 Å². The Bertz CT molecular complexity index is 538. The minimum absolute atomic E-state index is 0.666. The zero-order valence-electron chi connectivity index (χ0n) is 10.0. The Labute approximate surface area is 110 Å². The van der Waals surface area contributed by atoms with E-state index in [-0.39, 0.29) is 0 Å². The van der Waals surface area contributed by atoms with Gasteiger partial charge in [-0.15, -0.1) is 0 Å². The van der Waals surface area contributed by atoms with Crippen molar-refractivity contribution in [2.24, 2.45) is 7.05 Å². The Balaban J connectivity index is 2.00. The lowest BCUT2D eigenvalue weighted by Gasteiger charge is -2.08. The van der Waals surface area contributed by atoms with Gasteiger partial charge in [0, 0.05) is 34.7 Å². The molecule has 1 aromatic heterocycles. The standard InChI is InChI=1S/C14H17BrN2/c1-17-9-10(7-12-3-2-6-16-12)13-8-11(15)4-5-14(13)17/h4-5,8-9,12,16H,2-3,6-7H2,1H3. The molecule has 2 aromatic rings. The van der Waals surface area contributed by atoms with E-state index in [0.717, 1.165) is 10.9 Å². The number of rotatable bonds is 2. The molecule has 3 rings (SSSR count). The molecular formula is C14H17BrN2. The molecule has 0 aliphatic carbocycles. The molecule has 2 nitrogen and oxygen atoms in total. The van der Waals surface area contributed by atoms with Crippen LogP contribution in [-0.4, -0.2) is 17.2 Å². The topological polar surface area (TPSA) is 17.0 Å². The number of halogens is 1. The molecule has 17 heavy (non-hydrogen) atoms. The maximum Gasteiger partial charge on any atom is 0.0481 e. The third kappa shape index (κ3) is 2.14. The van der Waals surface area contributed by atoms with Crippen molar-refractivity contribution in [3.63, 3.8) is 0 Å². The van der Waals surface area contributed by atoms with E-state index < -0.39 is 0 Å². The molecule has 0 amide bonds. The lowest BCUT2D eigenvalue weighted by molar-refractivity contribution is 0.604. The van der Waals surface area contributed by atoms with Crippen molar-refractivity contribution in [1.82, 2.24) is 9.88 Å². The molecule has 0 bridgehead atoms. The second kappa shape index (κ2) is 4.46. The van der Waals surface area contributed by atoms with Gasteiger partial charge in [0.15, 0.2) is 0 Å². The Hall–Kier alpha value is -0.800. The molecule has 3 heteroatoms. The van der Waals surface area contributed by atoms with Crippen molar-refractivity contribution in [2.45, 2.75) is 25.3 Å². The molecular weight excluding hydrogens is 276 g/mol. The highest BCUT2D eigenvalue weighted by Gasteiger charge is 2.17. The van der Waals surface area contributed by atoms with Crippen LogP contribution in [0.4, 0.5) is 0 Å². The van der Waals surface area contributed by atoms with Crippen molar-refractivity contribution < 1.29 is 0 Å². The fraction of sp³-hybridized carbons (Fsp3) is 0.429. The van der Waals surface area contributed by atoms with Crippen LogP contribution in [0.1, 0.15) is 18.4 Å². The Morgan fingerprint density at radius 1 is 1.47 bits per heavy atom. The molecule has 0 radical (unpaired) electrons. The number of benzene rings is 1. The number of nitrogens with one attached hydrogen (secondary N) is 1. The van der Waals surface area contributed by atoms with Crippen LogP contribution in [0.15, 0.2) is 28.9 Å². The van der Waals surface area contributed by atoms with Crippen LogP contribution < -0.4 is 5.32 Å². The SMILES string of the molecule is Cn1cc(CC2CCCN2)c2cc(Br)ccc21. The van der Waals surface area contributed by atoms with Crippen LogP contribution in [0.3, 0.4) is 0 Å². The van der Waals surface area contributed by atoms with E-state index in [1.54, 1.807) is 0 Å². The summed E-state index contributed by atoms with van der Waals surface area (Å²) in [5, 5.41) is 4.96. The summed E-state index contributed by atoms with van der Waals surface area (Å²) in [5.74, 6) is 0. The number of aryl methyl sites for hydroxylation is 1. The van der Waals surface area contributed by atoms with Gasteiger partial charge < -0.3 is 9.88 Å². The fourth-order valence-electron chi connectivity index (χ4n) is 2.80. The van der Waals surface area contributed by atoms with Gasteiger partial charge in [0.05, 0.1) is 0 Å². The summed E-state index contributed by atoms with van der Waals surface area (Å²) in [4.78, 5) is 0. The summed E-state index contributed by atoms with van der Waals surface area (Å²) in [7, 11) is 2.13. The first kappa shape index (κ1) is 11.3. The summed E-state index contributed by atoms with van der Waals surface area (Å²) < 4.78 is 3.39. The zero-order valence-corrected chi connectivity index (χ0v) is 11.6. The molecule has 1 fully saturated rings. The van der Waals surface area contributed by atoms with Crippen molar-refractivity contribution >= 4 is 26.8 Å². The predicted molar refractivity (Wildman–Crippen MR) is 75.3 cm³/mol. The van der Waals surface area contributed by atoms with Crippen molar-refractivity contribution in [3.05, 3.63) is 34.4 Å². The fourth-order valence-corrected chi connectivity index (χ4v) is 3.17. The Morgan fingerprint density at radius 2 is 2.35 bits per heavy atom. The third-order valence-electron chi connectivity index (χ3n) is 3.66. The first-order chi connectivity index (χ1) is 8.24. The predicted octanol–water partition coefficient (Wildman–Crippen LogP) is 3.24. The molecule has 2 heterocycles. The lowest BCUT2D eigenvalue weighted by atomic mass is 10.0. The number of hydrogen-bond acceptors (Lipinski definition) is 1. The van der Waals surface area contributed by atoms with Crippen molar-refractivity contribution in [3.8, 4) is 0 Å². The molecule has 1 atom stereocenters. The molecule has 1 N–H and O–H groups in total. The summed E-state index contributed by atoms with van der Waals surface area (Å²) in [6, 6.07) is 7.20. The molecule has 1 aromatic carbocycles. The number of fused-ring (bicyclic) bond motifs is 1. The maximum atomic E-state index is 3.57. The highest BCUT2D eigenvalue weighted by Crippen LogP contribution is 2.26. The Kier molecular flexibility index (Phi) is 2.97. The number of hydrogen-bond donors (Lipinski definition) is 1. The molecule has 0 spiro atoms. The monoisotopic (exact) mass is 292 g/mol. The van der Waals surface area contributed by atoms with E-state index in [1.807, 2.05) is 0 Å². The van der Waals surface area contributed by atoms with Crippen LogP contribution in [0.5, 0.6) is 0 Å². The summed E-state index contributed by atoms with van der Waals surface area (Å²) in [5.41, 5.74) is 2.78. The van der Waals surface area contributed by atoms with Crippen molar-refractivity contribution in [2.75, 3.05) is 6.54 Å². The highest BCUT2D eigenvalue weighted by molar-refractivity contribution is 9.10. The largest absolute Gasteiger partial charge is 0.350 e. The second-order valence-electron chi connectivity index (χ2n) is 4.92. The molecule has 1 unspecified atom stereocenters. The van der Waals surface area contributed by atoms with Crippen LogP contribution in [-0.2, 0) is 13.5 Å². The van der Waals surface area contributed by atoms with E-state index in [1.165, 1.54) is 35.9 Å². The first-order valence-corrected chi connectivity index (χ1v) is 7.00. The number of nitrogens with zero attached hydrogens (tertiary/aromatic N) is 1. The molecule has 90 valence electrons. The second-order valence-corrected chi connectivity index (χ2v) is 5.84. The van der Waals surface area contributed by atoms with Gasteiger partial charge in [-0.3, -0.25) is 0 Å². The molecule has 1 aliphatic heterocycles. The van der Waals surface area contributed by atoms with Crippen LogP contribution in [0, 0.1) is 0 Å². The smallest absolute Gasteiger partial charge is 0.0481 e. The summed E-state index contributed by atoms with van der Waals surface area (Å²) in [6.07, 6.45) is 6.05. The number of aromatic nitrogens is 1. The average molecular weight is 293 g/mol. The average Bonchev–Trinajstić information content (AvgIpc) is 2.89. The van der Waals surface area contributed by atoms with Gasteiger partial charge in [0.25, 0.3) is 0 Å². The molecule has 0 saturated carbocycles. The van der Waals surface area contributed by atoms with Crippen molar-refractivity contribution in [1.29, 1.82) is 0 Å². The van der Waals surface area contributed by atoms with Crippen LogP contribution >= 0.6 is 15.9 Å². The van der Waals surface area contributed by atoms with E-state index >= 15 is 0 Å². The first-order valence-electron chi connectivity index (χ1n) is 6.21. The Morgan fingerprint density at radius 3 is 3.12 bits per heavy atom. The van der Waals surface area contributed by atoms with Crippen LogP contribution in [0.25, 0.3) is 10.9 Å². The van der Waals surface area contributed by atoms with Gasteiger partial charge in [-0.1, -0.05) is 15.9 Å². The summed E-state index contributed by atoms with van der Waals surface area (Å²) >= 11 is 3.56. The maximum absolute atomic E-state index is 3.57. The zero-order chi connectivity index (χ0) is 11.8. The minimum atomic E-state index is 0.666. The van der Waals surface area contributed by atoms with Gasteiger partial charge in [-0.2, -0.15) is 0 Å². The normalized spacial score (nSPS) is 20.2. The molecule has 1 aliphatic rings.